The smallest absolute Gasteiger partial charge is 0.261 e. The number of benzene rings is 2. The summed E-state index contributed by atoms with van der Waals surface area (Å²) in [6.45, 7) is 5.25. The van der Waals surface area contributed by atoms with Gasteiger partial charge in [0.15, 0.2) is 0 Å². The maximum atomic E-state index is 12.9. The zero-order valence-electron chi connectivity index (χ0n) is 17.9. The Morgan fingerprint density at radius 1 is 0.938 bits per heavy atom. The molecule has 2 aliphatic heterocycles. The minimum Gasteiger partial charge on any atom is -0.322 e. The Kier molecular flexibility index (Phi) is 5.85. The summed E-state index contributed by atoms with van der Waals surface area (Å²) in [5.41, 5.74) is 1.11. The van der Waals surface area contributed by atoms with Crippen molar-refractivity contribution in [3.63, 3.8) is 0 Å². The number of anilines is 1. The minimum atomic E-state index is -3.59. The van der Waals surface area contributed by atoms with Crippen LogP contribution in [0.5, 0.6) is 0 Å². The number of sulfonamides is 1. The molecule has 168 valence electrons. The number of carbonyl (C=O) groups is 3. The topological polar surface area (TPSA) is 107 Å². The van der Waals surface area contributed by atoms with E-state index in [-0.39, 0.29) is 21.6 Å². The molecule has 0 aromatic heterocycles. The molecule has 2 aliphatic rings. The predicted octanol–water partition coefficient (Wildman–Crippen LogP) is 1.49. The molecule has 2 aromatic rings. The van der Waals surface area contributed by atoms with Crippen LogP contribution >= 0.6 is 0 Å². The van der Waals surface area contributed by atoms with Crippen molar-refractivity contribution in [2.45, 2.75) is 11.8 Å². The Hall–Kier alpha value is -3.08. The summed E-state index contributed by atoms with van der Waals surface area (Å²) in [5, 5.41) is 2.69. The second kappa shape index (κ2) is 8.45. The molecular weight excluding hydrogens is 432 g/mol. The SMILES string of the molecule is CCN1CCN(S(=O)(=O)c2ccc(NC(=O)c3ccc4c(c3)C(=O)N(C)C4=O)cc2)CC1. The van der Waals surface area contributed by atoms with Gasteiger partial charge in [0.2, 0.25) is 10.0 Å². The van der Waals surface area contributed by atoms with Crippen LogP contribution in [0.3, 0.4) is 0 Å². The first-order chi connectivity index (χ1) is 15.2. The van der Waals surface area contributed by atoms with E-state index < -0.39 is 27.7 Å². The molecule has 0 aliphatic carbocycles. The van der Waals surface area contributed by atoms with E-state index >= 15 is 0 Å². The molecule has 2 aromatic carbocycles. The van der Waals surface area contributed by atoms with Crippen LogP contribution in [0.1, 0.15) is 38.0 Å². The lowest BCUT2D eigenvalue weighted by Gasteiger charge is -2.33. The molecular formula is C22H24N4O5S. The first-order valence-corrected chi connectivity index (χ1v) is 11.8. The van der Waals surface area contributed by atoms with Crippen molar-refractivity contribution in [2.24, 2.45) is 0 Å². The number of carbonyl (C=O) groups excluding carboxylic acids is 3. The van der Waals surface area contributed by atoms with Crippen LogP contribution in [-0.4, -0.2) is 80.0 Å². The normalized spacial score (nSPS) is 17.5. The molecule has 4 rings (SSSR count). The van der Waals surface area contributed by atoms with Crippen molar-refractivity contribution in [1.82, 2.24) is 14.1 Å². The monoisotopic (exact) mass is 456 g/mol. The molecule has 2 heterocycles. The van der Waals surface area contributed by atoms with E-state index in [0.29, 0.717) is 31.9 Å². The molecule has 9 nitrogen and oxygen atoms in total. The van der Waals surface area contributed by atoms with Gasteiger partial charge in [-0.15, -0.1) is 0 Å². The van der Waals surface area contributed by atoms with Crippen LogP contribution in [0, 0.1) is 0 Å². The van der Waals surface area contributed by atoms with Crippen LogP contribution in [0.15, 0.2) is 47.4 Å². The second-order valence-corrected chi connectivity index (χ2v) is 9.68. The number of nitrogens with one attached hydrogen (secondary N) is 1. The van der Waals surface area contributed by atoms with Crippen LogP contribution in [-0.2, 0) is 10.0 Å². The van der Waals surface area contributed by atoms with Crippen molar-refractivity contribution < 1.29 is 22.8 Å². The quantitative estimate of drug-likeness (QED) is 0.683. The van der Waals surface area contributed by atoms with Gasteiger partial charge in [-0.25, -0.2) is 8.42 Å². The van der Waals surface area contributed by atoms with Gasteiger partial charge < -0.3 is 10.2 Å². The molecule has 0 saturated carbocycles. The number of likely N-dealkylation sites (N-methyl/N-ethyl adjacent to an activating group) is 1. The Morgan fingerprint density at radius 2 is 1.56 bits per heavy atom. The molecule has 0 bridgehead atoms. The van der Waals surface area contributed by atoms with Gasteiger partial charge in [0, 0.05) is 44.5 Å². The maximum absolute atomic E-state index is 12.9. The molecule has 0 unspecified atom stereocenters. The molecule has 3 amide bonds. The summed E-state index contributed by atoms with van der Waals surface area (Å²) >= 11 is 0. The fraction of sp³-hybridized carbons (Fsp3) is 0.318. The first kappa shape index (κ1) is 22.1. The van der Waals surface area contributed by atoms with Gasteiger partial charge in [-0.3, -0.25) is 19.3 Å². The van der Waals surface area contributed by atoms with E-state index in [1.165, 1.54) is 53.8 Å². The van der Waals surface area contributed by atoms with Crippen molar-refractivity contribution >= 4 is 33.4 Å². The predicted molar refractivity (Wildman–Crippen MR) is 118 cm³/mol. The summed E-state index contributed by atoms with van der Waals surface area (Å²) in [4.78, 5) is 40.1. The third-order valence-corrected chi connectivity index (χ3v) is 7.79. The minimum absolute atomic E-state index is 0.171. The summed E-state index contributed by atoms with van der Waals surface area (Å²) in [6, 6.07) is 10.3. The summed E-state index contributed by atoms with van der Waals surface area (Å²) in [6.07, 6.45) is 0. The first-order valence-electron chi connectivity index (χ1n) is 10.3. The summed E-state index contributed by atoms with van der Waals surface area (Å²) in [7, 11) is -2.20. The van der Waals surface area contributed by atoms with Gasteiger partial charge in [-0.1, -0.05) is 6.92 Å². The van der Waals surface area contributed by atoms with Gasteiger partial charge in [0.05, 0.1) is 16.0 Å². The number of hydrogen-bond acceptors (Lipinski definition) is 6. The summed E-state index contributed by atoms with van der Waals surface area (Å²) < 4.78 is 27.3. The standard InChI is InChI=1S/C22H24N4O5S/c1-3-25-10-12-26(13-11-25)32(30,31)17-7-5-16(6-8-17)23-20(27)15-4-9-18-19(14-15)22(29)24(2)21(18)28/h4-9,14H,3,10-13H2,1-2H3,(H,23,27). The van der Waals surface area contributed by atoms with Crippen LogP contribution in [0.2, 0.25) is 0 Å². The molecule has 1 N–H and O–H groups in total. The van der Waals surface area contributed by atoms with Gasteiger partial charge in [0.25, 0.3) is 17.7 Å². The summed E-state index contributed by atoms with van der Waals surface area (Å²) in [5.74, 6) is -1.31. The maximum Gasteiger partial charge on any atom is 0.261 e. The highest BCUT2D eigenvalue weighted by atomic mass is 32.2. The zero-order chi connectivity index (χ0) is 23.0. The number of piperazine rings is 1. The number of fused-ring (bicyclic) bond motifs is 1. The van der Waals surface area contributed by atoms with E-state index in [9.17, 15) is 22.8 Å². The van der Waals surface area contributed by atoms with Crippen LogP contribution in [0.25, 0.3) is 0 Å². The van der Waals surface area contributed by atoms with Crippen molar-refractivity contribution in [3.05, 3.63) is 59.2 Å². The Bertz CT molecular complexity index is 1190. The van der Waals surface area contributed by atoms with Crippen molar-refractivity contribution in [3.8, 4) is 0 Å². The molecule has 32 heavy (non-hydrogen) atoms. The van der Waals surface area contributed by atoms with E-state index in [4.69, 9.17) is 0 Å². The fourth-order valence-corrected chi connectivity index (χ4v) is 5.27. The van der Waals surface area contributed by atoms with E-state index in [0.717, 1.165) is 11.4 Å². The van der Waals surface area contributed by atoms with Gasteiger partial charge in [-0.05, 0) is 49.0 Å². The molecule has 1 saturated heterocycles. The average Bonchev–Trinajstić information content (AvgIpc) is 3.03. The van der Waals surface area contributed by atoms with Crippen molar-refractivity contribution in [1.29, 1.82) is 0 Å². The highest BCUT2D eigenvalue weighted by molar-refractivity contribution is 7.89. The molecule has 10 heteroatoms. The van der Waals surface area contributed by atoms with E-state index in [2.05, 4.69) is 17.1 Å². The second-order valence-electron chi connectivity index (χ2n) is 7.75. The Balaban J connectivity index is 1.46. The lowest BCUT2D eigenvalue weighted by molar-refractivity contribution is 0.0693. The fourth-order valence-electron chi connectivity index (χ4n) is 3.85. The lowest BCUT2D eigenvalue weighted by Crippen LogP contribution is -2.48. The largest absolute Gasteiger partial charge is 0.322 e. The Morgan fingerprint density at radius 3 is 2.19 bits per heavy atom. The van der Waals surface area contributed by atoms with Crippen LogP contribution < -0.4 is 5.32 Å². The Labute approximate surface area is 186 Å². The number of imide groups is 1. The van der Waals surface area contributed by atoms with Gasteiger partial charge in [-0.2, -0.15) is 4.31 Å². The molecule has 0 radical (unpaired) electrons. The van der Waals surface area contributed by atoms with Crippen LogP contribution in [0.4, 0.5) is 5.69 Å². The highest BCUT2D eigenvalue weighted by Crippen LogP contribution is 2.24. The van der Waals surface area contributed by atoms with Gasteiger partial charge >= 0.3 is 0 Å². The zero-order valence-corrected chi connectivity index (χ0v) is 18.7. The molecule has 0 atom stereocenters. The number of amides is 3. The van der Waals surface area contributed by atoms with Crippen molar-refractivity contribution in [2.75, 3.05) is 45.1 Å². The molecule has 1 fully saturated rings. The van der Waals surface area contributed by atoms with E-state index in [1.54, 1.807) is 0 Å². The lowest BCUT2D eigenvalue weighted by atomic mass is 10.1. The van der Waals surface area contributed by atoms with Gasteiger partial charge in [0.1, 0.15) is 0 Å². The highest BCUT2D eigenvalue weighted by Gasteiger charge is 2.33. The number of rotatable bonds is 5. The average molecular weight is 457 g/mol. The van der Waals surface area contributed by atoms with E-state index in [1.807, 2.05) is 0 Å². The number of hydrogen-bond donors (Lipinski definition) is 1. The molecule has 0 spiro atoms. The third kappa shape index (κ3) is 3.92. The third-order valence-electron chi connectivity index (χ3n) is 5.88. The number of nitrogens with zero attached hydrogens (tertiary/aromatic N) is 3.